The molecule has 2 heterocycles. The molecule has 0 N–H and O–H groups in total. The van der Waals surface area contributed by atoms with E-state index >= 15 is 0 Å². The van der Waals surface area contributed by atoms with Crippen molar-refractivity contribution in [3.8, 4) is 17.2 Å². The summed E-state index contributed by atoms with van der Waals surface area (Å²) in [7, 11) is 0. The van der Waals surface area contributed by atoms with E-state index in [1.165, 1.54) is 18.2 Å². The van der Waals surface area contributed by atoms with Crippen molar-refractivity contribution in [3.63, 3.8) is 0 Å². The lowest BCUT2D eigenvalue weighted by molar-refractivity contribution is -0.117. The third kappa shape index (κ3) is 3.57. The van der Waals surface area contributed by atoms with Crippen LogP contribution < -0.4 is 9.64 Å². The van der Waals surface area contributed by atoms with Crippen LogP contribution in [0.15, 0.2) is 47.0 Å². The molecule has 1 aromatic heterocycles. The lowest BCUT2D eigenvalue weighted by Crippen LogP contribution is -2.24. The van der Waals surface area contributed by atoms with Crippen LogP contribution in [0.25, 0.3) is 11.5 Å². The molecular formula is C20H17ClFN3O3. The van der Waals surface area contributed by atoms with E-state index in [2.05, 4.69) is 10.1 Å². The maximum Gasteiger partial charge on any atom is 0.257 e. The van der Waals surface area contributed by atoms with Crippen LogP contribution in [-0.4, -0.2) is 29.2 Å². The van der Waals surface area contributed by atoms with Gasteiger partial charge < -0.3 is 14.2 Å². The molecule has 28 heavy (non-hydrogen) atoms. The van der Waals surface area contributed by atoms with Gasteiger partial charge in [-0.2, -0.15) is 4.98 Å². The Morgan fingerprint density at radius 3 is 2.79 bits per heavy atom. The van der Waals surface area contributed by atoms with Crippen LogP contribution in [0, 0.1) is 5.82 Å². The number of nitrogens with zero attached hydrogens (tertiary/aromatic N) is 3. The van der Waals surface area contributed by atoms with Crippen molar-refractivity contribution in [2.45, 2.75) is 19.3 Å². The maximum atomic E-state index is 13.4. The summed E-state index contributed by atoms with van der Waals surface area (Å²) in [6.45, 7) is 2.89. The molecule has 144 valence electrons. The van der Waals surface area contributed by atoms with E-state index in [9.17, 15) is 9.18 Å². The lowest BCUT2D eigenvalue weighted by Gasteiger charge is -2.16. The molecule has 0 aliphatic carbocycles. The second-order valence-corrected chi connectivity index (χ2v) is 6.83. The number of rotatable bonds is 5. The van der Waals surface area contributed by atoms with Gasteiger partial charge in [0.2, 0.25) is 5.91 Å². The van der Waals surface area contributed by atoms with Crippen LogP contribution in [-0.2, 0) is 4.79 Å². The predicted octanol–water partition coefficient (Wildman–Crippen LogP) is 4.45. The van der Waals surface area contributed by atoms with Crippen molar-refractivity contribution in [3.05, 3.63) is 59.1 Å². The standard InChI is InChI=1S/C20H17ClFN3O3/c1-2-27-15-6-3-12(4-7-15)20-23-19(24-28-20)13-9-18(26)25(11-13)14-5-8-17(22)16(21)10-14/h3-8,10,13H,2,9,11H2,1H3. The van der Waals surface area contributed by atoms with Gasteiger partial charge in [0.15, 0.2) is 5.82 Å². The number of hydrogen-bond donors (Lipinski definition) is 0. The fourth-order valence-electron chi connectivity index (χ4n) is 3.16. The number of ether oxygens (including phenoxy) is 1. The fourth-order valence-corrected chi connectivity index (χ4v) is 3.34. The molecule has 6 nitrogen and oxygen atoms in total. The monoisotopic (exact) mass is 401 g/mol. The molecule has 0 bridgehead atoms. The van der Waals surface area contributed by atoms with Crippen molar-refractivity contribution >= 4 is 23.2 Å². The summed E-state index contributed by atoms with van der Waals surface area (Å²) in [5.41, 5.74) is 1.32. The largest absolute Gasteiger partial charge is 0.494 e. The van der Waals surface area contributed by atoms with Gasteiger partial charge in [-0.1, -0.05) is 16.8 Å². The molecule has 4 rings (SSSR count). The van der Waals surface area contributed by atoms with Crippen molar-refractivity contribution < 1.29 is 18.4 Å². The van der Waals surface area contributed by atoms with Crippen LogP contribution >= 0.6 is 11.6 Å². The summed E-state index contributed by atoms with van der Waals surface area (Å²) in [4.78, 5) is 18.4. The van der Waals surface area contributed by atoms with E-state index in [-0.39, 0.29) is 23.3 Å². The first-order chi connectivity index (χ1) is 13.5. The van der Waals surface area contributed by atoms with Crippen molar-refractivity contribution in [2.24, 2.45) is 0 Å². The van der Waals surface area contributed by atoms with Gasteiger partial charge in [-0.25, -0.2) is 4.39 Å². The Morgan fingerprint density at radius 2 is 2.07 bits per heavy atom. The Hall–Kier alpha value is -2.93. The number of aromatic nitrogens is 2. The van der Waals surface area contributed by atoms with E-state index in [0.717, 1.165) is 11.3 Å². The van der Waals surface area contributed by atoms with Crippen LogP contribution in [0.2, 0.25) is 5.02 Å². The fraction of sp³-hybridized carbons (Fsp3) is 0.250. The number of halogens is 2. The second kappa shape index (κ2) is 7.59. The Morgan fingerprint density at radius 1 is 1.29 bits per heavy atom. The zero-order chi connectivity index (χ0) is 19.7. The van der Waals surface area contributed by atoms with E-state index in [0.29, 0.717) is 30.6 Å². The molecule has 0 spiro atoms. The molecule has 2 aromatic carbocycles. The summed E-state index contributed by atoms with van der Waals surface area (Å²) in [6.07, 6.45) is 0.247. The average Bonchev–Trinajstić information content (AvgIpc) is 3.32. The second-order valence-electron chi connectivity index (χ2n) is 6.42. The Balaban J connectivity index is 1.51. The molecule has 1 aliphatic rings. The highest BCUT2D eigenvalue weighted by atomic mass is 35.5. The zero-order valence-electron chi connectivity index (χ0n) is 15.1. The Bertz CT molecular complexity index is 1010. The third-order valence-electron chi connectivity index (χ3n) is 4.56. The lowest BCUT2D eigenvalue weighted by atomic mass is 10.1. The predicted molar refractivity (Wildman–Crippen MR) is 102 cm³/mol. The van der Waals surface area contributed by atoms with Gasteiger partial charge in [-0.3, -0.25) is 4.79 Å². The van der Waals surface area contributed by atoms with Crippen molar-refractivity contribution in [2.75, 3.05) is 18.1 Å². The van der Waals surface area contributed by atoms with Crippen LogP contribution in [0.4, 0.5) is 10.1 Å². The van der Waals surface area contributed by atoms with Gasteiger partial charge >= 0.3 is 0 Å². The maximum absolute atomic E-state index is 13.4. The Labute approximate surface area is 165 Å². The molecule has 1 fully saturated rings. The van der Waals surface area contributed by atoms with E-state index < -0.39 is 5.82 Å². The summed E-state index contributed by atoms with van der Waals surface area (Å²) in [5, 5.41) is 4.02. The molecule has 1 aliphatic heterocycles. The summed E-state index contributed by atoms with van der Waals surface area (Å²) in [6, 6.07) is 11.6. The third-order valence-corrected chi connectivity index (χ3v) is 4.85. The smallest absolute Gasteiger partial charge is 0.257 e. The number of anilines is 1. The summed E-state index contributed by atoms with van der Waals surface area (Å²) >= 11 is 5.83. The number of amides is 1. The molecular weight excluding hydrogens is 385 g/mol. The van der Waals surface area contributed by atoms with Gasteiger partial charge in [0.25, 0.3) is 5.89 Å². The van der Waals surface area contributed by atoms with Gasteiger partial charge in [0, 0.05) is 30.1 Å². The number of benzene rings is 2. The highest BCUT2D eigenvalue weighted by molar-refractivity contribution is 6.31. The minimum atomic E-state index is -0.522. The first-order valence-corrected chi connectivity index (χ1v) is 9.25. The quantitative estimate of drug-likeness (QED) is 0.631. The van der Waals surface area contributed by atoms with Crippen LogP contribution in [0.5, 0.6) is 5.75 Å². The minimum Gasteiger partial charge on any atom is -0.494 e. The molecule has 3 aromatic rings. The molecule has 1 saturated heterocycles. The van der Waals surface area contributed by atoms with E-state index in [1.807, 2.05) is 31.2 Å². The zero-order valence-corrected chi connectivity index (χ0v) is 15.8. The topological polar surface area (TPSA) is 68.5 Å². The average molecular weight is 402 g/mol. The summed E-state index contributed by atoms with van der Waals surface area (Å²) < 4.78 is 24.2. The van der Waals surface area contributed by atoms with Gasteiger partial charge in [0.1, 0.15) is 11.6 Å². The minimum absolute atomic E-state index is 0.0221. The van der Waals surface area contributed by atoms with Crippen LogP contribution in [0.1, 0.15) is 25.1 Å². The van der Waals surface area contributed by atoms with E-state index in [1.54, 1.807) is 4.90 Å². The van der Waals surface area contributed by atoms with Crippen molar-refractivity contribution in [1.82, 2.24) is 10.1 Å². The molecule has 1 atom stereocenters. The van der Waals surface area contributed by atoms with E-state index in [4.69, 9.17) is 20.9 Å². The molecule has 1 unspecified atom stereocenters. The highest BCUT2D eigenvalue weighted by Crippen LogP contribution is 2.33. The normalized spacial score (nSPS) is 16.6. The highest BCUT2D eigenvalue weighted by Gasteiger charge is 2.34. The number of hydrogen-bond acceptors (Lipinski definition) is 5. The first kappa shape index (κ1) is 18.4. The van der Waals surface area contributed by atoms with Gasteiger partial charge in [0.05, 0.1) is 11.6 Å². The van der Waals surface area contributed by atoms with Gasteiger partial charge in [-0.05, 0) is 49.4 Å². The Kier molecular flexibility index (Phi) is 5.00. The molecule has 8 heteroatoms. The first-order valence-electron chi connectivity index (χ1n) is 8.87. The molecule has 1 amide bonds. The molecule has 0 radical (unpaired) electrons. The van der Waals surface area contributed by atoms with Gasteiger partial charge in [-0.15, -0.1) is 0 Å². The molecule has 0 saturated carbocycles. The number of carbonyl (C=O) groups excluding carboxylic acids is 1. The summed E-state index contributed by atoms with van der Waals surface area (Å²) in [5.74, 6) is 0.783. The number of carbonyl (C=O) groups is 1. The SMILES string of the molecule is CCOc1ccc(-c2nc(C3CC(=O)N(c4ccc(F)c(Cl)c4)C3)no2)cc1. The van der Waals surface area contributed by atoms with Crippen molar-refractivity contribution in [1.29, 1.82) is 0 Å². The van der Waals surface area contributed by atoms with Crippen LogP contribution in [0.3, 0.4) is 0 Å².